The van der Waals surface area contributed by atoms with E-state index in [2.05, 4.69) is 0 Å². The summed E-state index contributed by atoms with van der Waals surface area (Å²) in [4.78, 5) is 12.7. The van der Waals surface area contributed by atoms with Crippen LogP contribution in [0.3, 0.4) is 0 Å². The number of amides is 1. The zero-order valence-corrected chi connectivity index (χ0v) is 9.26. The molecule has 2 nitrogen and oxygen atoms in total. The average Bonchev–Trinajstić information content (AvgIpc) is 2.65. The molecule has 0 saturated heterocycles. The summed E-state index contributed by atoms with van der Waals surface area (Å²) < 4.78 is 35.8. The molecule has 0 N–H and O–H groups in total. The molecule has 0 radical (unpaired) electrons. The molecule has 1 amide bonds. The average molecular weight is 235 g/mol. The molecule has 5 heteroatoms. The van der Waals surface area contributed by atoms with E-state index >= 15 is 0 Å². The largest absolute Gasteiger partial charge is 0.390 e. The molecular formula is C11H16F3NO. The highest BCUT2D eigenvalue weighted by Gasteiger charge is 2.28. The molecule has 92 valence electrons. The van der Waals surface area contributed by atoms with Gasteiger partial charge >= 0.3 is 6.18 Å². The minimum absolute atomic E-state index is 0.208. The maximum absolute atomic E-state index is 11.9. The Labute approximate surface area is 93.1 Å². The molecule has 0 bridgehead atoms. The lowest BCUT2D eigenvalue weighted by Crippen LogP contribution is -2.31. The highest BCUT2D eigenvalue weighted by molar-refractivity contribution is 5.76. The van der Waals surface area contributed by atoms with Crippen molar-refractivity contribution in [3.63, 3.8) is 0 Å². The van der Waals surface area contributed by atoms with Crippen molar-refractivity contribution in [2.45, 2.75) is 31.9 Å². The molecule has 1 rings (SSSR count). The first-order valence-electron chi connectivity index (χ1n) is 5.36. The molecule has 0 heterocycles. The summed E-state index contributed by atoms with van der Waals surface area (Å²) in [5.74, 6) is 0.00152. The highest BCUT2D eigenvalue weighted by Crippen LogP contribution is 2.22. The molecule has 0 spiro atoms. The van der Waals surface area contributed by atoms with Crippen LogP contribution in [-0.4, -0.2) is 30.6 Å². The molecule has 0 unspecified atom stereocenters. The van der Waals surface area contributed by atoms with Crippen molar-refractivity contribution in [2.24, 2.45) is 5.92 Å². The Morgan fingerprint density at radius 2 is 2.19 bits per heavy atom. The van der Waals surface area contributed by atoms with E-state index in [1.807, 2.05) is 12.2 Å². The third-order valence-electron chi connectivity index (χ3n) is 2.71. The quantitative estimate of drug-likeness (QED) is 0.686. The van der Waals surface area contributed by atoms with Crippen molar-refractivity contribution < 1.29 is 18.0 Å². The van der Waals surface area contributed by atoms with Crippen LogP contribution in [0.2, 0.25) is 0 Å². The first-order chi connectivity index (χ1) is 7.38. The van der Waals surface area contributed by atoms with Gasteiger partial charge in [0.2, 0.25) is 5.91 Å². The smallest absolute Gasteiger partial charge is 0.345 e. The molecule has 16 heavy (non-hydrogen) atoms. The molecule has 0 saturated carbocycles. The van der Waals surface area contributed by atoms with Crippen molar-refractivity contribution in [3.05, 3.63) is 12.2 Å². The van der Waals surface area contributed by atoms with Gasteiger partial charge in [0.05, 0.1) is 6.42 Å². The summed E-state index contributed by atoms with van der Waals surface area (Å²) in [5, 5.41) is 0. The van der Waals surface area contributed by atoms with Crippen LogP contribution >= 0.6 is 0 Å². The molecule has 1 aliphatic carbocycles. The van der Waals surface area contributed by atoms with Gasteiger partial charge in [-0.3, -0.25) is 4.79 Å². The number of carbonyl (C=O) groups excluding carboxylic acids is 1. The van der Waals surface area contributed by atoms with Crippen LogP contribution in [0.4, 0.5) is 13.2 Å². The minimum atomic E-state index is -4.19. The predicted molar refractivity (Wildman–Crippen MR) is 54.8 cm³/mol. The van der Waals surface area contributed by atoms with Crippen LogP contribution < -0.4 is 0 Å². The van der Waals surface area contributed by atoms with E-state index in [4.69, 9.17) is 0 Å². The van der Waals surface area contributed by atoms with Crippen LogP contribution in [0.1, 0.15) is 25.7 Å². The third-order valence-corrected chi connectivity index (χ3v) is 2.71. The standard InChI is InChI=1S/C11H16F3NO/c1-15(7-6-11(12,13)14)10(16)8-9-4-2-3-5-9/h2,4,9H,3,5-8H2,1H3/t9-/m1/s1. The Kier molecular flexibility index (Phi) is 4.38. The molecule has 1 aliphatic rings. The third kappa shape index (κ3) is 4.68. The van der Waals surface area contributed by atoms with Crippen molar-refractivity contribution in [1.29, 1.82) is 0 Å². The molecule has 1 atom stereocenters. The second-order valence-electron chi connectivity index (χ2n) is 4.15. The van der Waals surface area contributed by atoms with Gasteiger partial charge in [-0.15, -0.1) is 0 Å². The molecule has 0 aromatic heterocycles. The first kappa shape index (κ1) is 13.1. The van der Waals surface area contributed by atoms with Gasteiger partial charge in [-0.25, -0.2) is 0 Å². The molecule has 0 aromatic carbocycles. The number of hydrogen-bond acceptors (Lipinski definition) is 1. The summed E-state index contributed by atoms with van der Waals surface area (Å²) in [6.45, 7) is -0.251. The number of nitrogens with zero attached hydrogens (tertiary/aromatic N) is 1. The van der Waals surface area contributed by atoms with Crippen LogP contribution in [0.25, 0.3) is 0 Å². The lowest BCUT2D eigenvalue weighted by atomic mass is 10.0. The Morgan fingerprint density at radius 1 is 1.50 bits per heavy atom. The fraction of sp³-hybridized carbons (Fsp3) is 0.727. The lowest BCUT2D eigenvalue weighted by Gasteiger charge is -2.19. The van der Waals surface area contributed by atoms with Crippen LogP contribution in [0, 0.1) is 5.92 Å². The fourth-order valence-corrected chi connectivity index (χ4v) is 1.66. The second kappa shape index (κ2) is 5.37. The van der Waals surface area contributed by atoms with Crippen molar-refractivity contribution in [1.82, 2.24) is 4.90 Å². The topological polar surface area (TPSA) is 20.3 Å². The van der Waals surface area contributed by atoms with Gasteiger partial charge in [0, 0.05) is 20.0 Å². The van der Waals surface area contributed by atoms with E-state index in [0.29, 0.717) is 6.42 Å². The summed E-state index contributed by atoms with van der Waals surface area (Å²) in [7, 11) is 1.42. The summed E-state index contributed by atoms with van der Waals surface area (Å²) in [6, 6.07) is 0. The fourth-order valence-electron chi connectivity index (χ4n) is 1.66. The minimum Gasteiger partial charge on any atom is -0.345 e. The highest BCUT2D eigenvalue weighted by atomic mass is 19.4. The van der Waals surface area contributed by atoms with Gasteiger partial charge < -0.3 is 4.90 Å². The SMILES string of the molecule is CN(CCC(F)(F)F)C(=O)C[C@@H]1C=CCC1. The van der Waals surface area contributed by atoms with E-state index in [1.165, 1.54) is 11.9 Å². The zero-order valence-electron chi connectivity index (χ0n) is 9.26. The Hall–Kier alpha value is -1.00. The molecule has 0 aromatic rings. The number of alkyl halides is 3. The maximum atomic E-state index is 11.9. The summed E-state index contributed by atoms with van der Waals surface area (Å²) in [5.41, 5.74) is 0. The van der Waals surface area contributed by atoms with Crippen LogP contribution in [0.5, 0.6) is 0 Å². The Balaban J connectivity index is 2.27. The molecule has 0 aliphatic heterocycles. The van der Waals surface area contributed by atoms with Gasteiger partial charge in [-0.05, 0) is 18.8 Å². The van der Waals surface area contributed by atoms with Gasteiger partial charge in [-0.2, -0.15) is 13.2 Å². The monoisotopic (exact) mass is 235 g/mol. The van der Waals surface area contributed by atoms with Crippen LogP contribution in [0.15, 0.2) is 12.2 Å². The zero-order chi connectivity index (χ0) is 12.2. The first-order valence-corrected chi connectivity index (χ1v) is 5.36. The van der Waals surface area contributed by atoms with Gasteiger partial charge in [0.25, 0.3) is 0 Å². The van der Waals surface area contributed by atoms with E-state index in [0.717, 1.165) is 12.8 Å². The number of rotatable bonds is 4. The van der Waals surface area contributed by atoms with Crippen molar-refractivity contribution in [2.75, 3.05) is 13.6 Å². The van der Waals surface area contributed by atoms with E-state index in [-0.39, 0.29) is 18.4 Å². The second-order valence-corrected chi connectivity index (χ2v) is 4.15. The number of carbonyl (C=O) groups is 1. The van der Waals surface area contributed by atoms with E-state index in [1.54, 1.807) is 0 Å². The van der Waals surface area contributed by atoms with Gasteiger partial charge in [0.15, 0.2) is 0 Å². The van der Waals surface area contributed by atoms with E-state index < -0.39 is 12.6 Å². The Morgan fingerprint density at radius 3 is 2.69 bits per heavy atom. The van der Waals surface area contributed by atoms with E-state index in [9.17, 15) is 18.0 Å². The van der Waals surface area contributed by atoms with Gasteiger partial charge in [0.1, 0.15) is 0 Å². The molecular weight excluding hydrogens is 219 g/mol. The number of allylic oxidation sites excluding steroid dienone is 2. The number of halogens is 3. The molecule has 0 fully saturated rings. The predicted octanol–water partition coefficient (Wildman–Crippen LogP) is 2.75. The summed E-state index contributed by atoms with van der Waals surface area (Å²) in [6.07, 6.45) is 1.06. The van der Waals surface area contributed by atoms with Crippen molar-refractivity contribution >= 4 is 5.91 Å². The summed E-state index contributed by atoms with van der Waals surface area (Å²) >= 11 is 0. The normalized spacial score (nSPS) is 20.1. The number of hydrogen-bond donors (Lipinski definition) is 0. The maximum Gasteiger partial charge on any atom is 0.390 e. The lowest BCUT2D eigenvalue weighted by molar-refractivity contribution is -0.144. The van der Waals surface area contributed by atoms with Crippen LogP contribution in [-0.2, 0) is 4.79 Å². The Bertz CT molecular complexity index is 273. The van der Waals surface area contributed by atoms with Crippen molar-refractivity contribution in [3.8, 4) is 0 Å². The van der Waals surface area contributed by atoms with Gasteiger partial charge in [-0.1, -0.05) is 12.2 Å².